The smallest absolute Gasteiger partial charge is 0.335 e. The zero-order valence-corrected chi connectivity index (χ0v) is 13.7. The lowest BCUT2D eigenvalue weighted by Crippen LogP contribution is -2.14. The van der Waals surface area contributed by atoms with Crippen molar-refractivity contribution in [1.29, 1.82) is 0 Å². The van der Waals surface area contributed by atoms with Gasteiger partial charge in [-0.25, -0.2) is 22.2 Å². The molecule has 1 heterocycles. The van der Waals surface area contributed by atoms with Gasteiger partial charge in [0.05, 0.1) is 16.0 Å². The molecule has 3 aromatic rings. The number of nitrogens with zero attached hydrogens (tertiary/aromatic N) is 2. The van der Waals surface area contributed by atoms with Crippen LogP contribution in [-0.4, -0.2) is 33.6 Å². The molecule has 3 rings (SSSR count). The van der Waals surface area contributed by atoms with Crippen molar-refractivity contribution >= 4 is 27.0 Å². The zero-order valence-electron chi connectivity index (χ0n) is 12.9. The third-order valence-corrected chi connectivity index (χ3v) is 5.47. The van der Waals surface area contributed by atoms with E-state index < -0.39 is 16.0 Å². The molecule has 8 heteroatoms. The van der Waals surface area contributed by atoms with Gasteiger partial charge in [-0.15, -0.1) is 0 Å². The molecule has 0 aliphatic heterocycles. The molecule has 1 aromatic heterocycles. The Kier molecular flexibility index (Phi) is 3.56. The van der Waals surface area contributed by atoms with E-state index in [0.717, 1.165) is 15.6 Å². The quantitative estimate of drug-likeness (QED) is 0.753. The number of aromatic hydroxyl groups is 1. The number of carboxylic acid groups (broad SMARTS) is 1. The van der Waals surface area contributed by atoms with Gasteiger partial charge in [-0.05, 0) is 38.1 Å². The number of carbonyl (C=O) groups is 1. The molecule has 7 nitrogen and oxygen atoms in total. The maximum atomic E-state index is 12.9. The van der Waals surface area contributed by atoms with Crippen LogP contribution in [0.2, 0.25) is 0 Å². The summed E-state index contributed by atoms with van der Waals surface area (Å²) in [4.78, 5) is 15.3. The number of hydrogen-bond acceptors (Lipinski definition) is 5. The highest BCUT2D eigenvalue weighted by atomic mass is 32.2. The first kappa shape index (κ1) is 16.0. The van der Waals surface area contributed by atoms with Gasteiger partial charge in [0.25, 0.3) is 10.0 Å². The molecule has 0 saturated heterocycles. The standard InChI is InChI=1S/C16H14N2O5S/c1-9-3-5-12(6-4-9)24(22,23)18-10(2)17-15-13(18)7-11(16(20)21)8-14(15)19/h3-8,19H,1-2H3,(H,20,21). The minimum atomic E-state index is -3.98. The largest absolute Gasteiger partial charge is 0.506 e. The van der Waals surface area contributed by atoms with Gasteiger partial charge in [0, 0.05) is 0 Å². The summed E-state index contributed by atoms with van der Waals surface area (Å²) in [6.07, 6.45) is 0. The van der Waals surface area contributed by atoms with Gasteiger partial charge < -0.3 is 10.2 Å². The Bertz CT molecular complexity index is 1070. The molecule has 0 amide bonds. The first-order valence-electron chi connectivity index (χ1n) is 6.99. The molecule has 124 valence electrons. The van der Waals surface area contributed by atoms with Gasteiger partial charge in [0.1, 0.15) is 17.1 Å². The molecule has 0 aliphatic rings. The van der Waals surface area contributed by atoms with E-state index in [9.17, 15) is 18.3 Å². The predicted molar refractivity (Wildman–Crippen MR) is 86.9 cm³/mol. The van der Waals surface area contributed by atoms with Crippen LogP contribution >= 0.6 is 0 Å². The van der Waals surface area contributed by atoms with Gasteiger partial charge in [0.15, 0.2) is 0 Å². The molecule has 2 aromatic carbocycles. The van der Waals surface area contributed by atoms with Crippen LogP contribution < -0.4 is 0 Å². The Hall–Kier alpha value is -2.87. The molecule has 24 heavy (non-hydrogen) atoms. The maximum Gasteiger partial charge on any atom is 0.335 e. The molecule has 0 radical (unpaired) electrons. The second-order valence-corrected chi connectivity index (χ2v) is 7.20. The minimum Gasteiger partial charge on any atom is -0.506 e. The lowest BCUT2D eigenvalue weighted by molar-refractivity contribution is 0.0696. The Morgan fingerprint density at radius 3 is 2.33 bits per heavy atom. The van der Waals surface area contributed by atoms with Crippen LogP contribution in [-0.2, 0) is 10.0 Å². The Morgan fingerprint density at radius 2 is 1.75 bits per heavy atom. The number of benzene rings is 2. The highest BCUT2D eigenvalue weighted by Crippen LogP contribution is 2.30. The van der Waals surface area contributed by atoms with E-state index in [4.69, 9.17) is 5.11 Å². The van der Waals surface area contributed by atoms with Crippen molar-refractivity contribution in [1.82, 2.24) is 8.96 Å². The number of aromatic carboxylic acids is 1. The van der Waals surface area contributed by atoms with Crippen LogP contribution in [0.4, 0.5) is 0 Å². The van der Waals surface area contributed by atoms with Crippen molar-refractivity contribution in [2.75, 3.05) is 0 Å². The second-order valence-electron chi connectivity index (χ2n) is 5.41. The number of aryl methyl sites for hydroxylation is 2. The molecular formula is C16H14N2O5S. The van der Waals surface area contributed by atoms with Gasteiger partial charge >= 0.3 is 5.97 Å². The molecule has 0 atom stereocenters. The van der Waals surface area contributed by atoms with E-state index in [-0.39, 0.29) is 33.1 Å². The molecule has 0 unspecified atom stereocenters. The van der Waals surface area contributed by atoms with E-state index in [1.54, 1.807) is 12.1 Å². The van der Waals surface area contributed by atoms with E-state index in [1.165, 1.54) is 25.1 Å². The summed E-state index contributed by atoms with van der Waals surface area (Å²) in [6.45, 7) is 3.32. The Morgan fingerprint density at radius 1 is 1.12 bits per heavy atom. The summed E-state index contributed by atoms with van der Waals surface area (Å²) in [5.74, 6) is -1.53. The first-order chi connectivity index (χ1) is 11.2. The number of fused-ring (bicyclic) bond motifs is 1. The summed E-state index contributed by atoms with van der Waals surface area (Å²) < 4.78 is 26.8. The van der Waals surface area contributed by atoms with Gasteiger partial charge in [-0.3, -0.25) is 0 Å². The van der Waals surface area contributed by atoms with Crippen LogP contribution in [0.25, 0.3) is 11.0 Å². The molecule has 0 bridgehead atoms. The van der Waals surface area contributed by atoms with Crippen molar-refractivity contribution in [3.8, 4) is 5.75 Å². The highest BCUT2D eigenvalue weighted by molar-refractivity contribution is 7.90. The fraction of sp³-hybridized carbons (Fsp3) is 0.125. The van der Waals surface area contributed by atoms with Crippen LogP contribution in [0.3, 0.4) is 0 Å². The number of imidazole rings is 1. The lowest BCUT2D eigenvalue weighted by Gasteiger charge is -2.09. The Balaban J connectivity index is 2.35. The molecule has 2 N–H and O–H groups in total. The summed E-state index contributed by atoms with van der Waals surface area (Å²) in [6, 6.07) is 8.50. The normalized spacial score (nSPS) is 11.8. The topological polar surface area (TPSA) is 109 Å². The van der Waals surface area contributed by atoms with Crippen LogP contribution in [0.5, 0.6) is 5.75 Å². The van der Waals surface area contributed by atoms with E-state index in [2.05, 4.69) is 4.98 Å². The monoisotopic (exact) mass is 346 g/mol. The molecular weight excluding hydrogens is 332 g/mol. The maximum absolute atomic E-state index is 12.9. The SMILES string of the molecule is Cc1ccc(S(=O)(=O)n2c(C)nc3c(O)cc(C(=O)O)cc32)cc1. The lowest BCUT2D eigenvalue weighted by atomic mass is 10.2. The fourth-order valence-corrected chi connectivity index (χ4v) is 3.98. The van der Waals surface area contributed by atoms with E-state index in [1.807, 2.05) is 6.92 Å². The summed E-state index contributed by atoms with van der Waals surface area (Å²) in [7, 11) is -3.98. The second kappa shape index (κ2) is 5.34. The number of aromatic nitrogens is 2. The molecule has 0 fully saturated rings. The van der Waals surface area contributed by atoms with Gasteiger partial charge in [-0.2, -0.15) is 0 Å². The third kappa shape index (κ3) is 2.41. The van der Waals surface area contributed by atoms with E-state index >= 15 is 0 Å². The average Bonchev–Trinajstić information content (AvgIpc) is 2.85. The highest BCUT2D eigenvalue weighted by Gasteiger charge is 2.24. The third-order valence-electron chi connectivity index (χ3n) is 3.66. The van der Waals surface area contributed by atoms with E-state index in [0.29, 0.717) is 0 Å². The number of carboxylic acids is 1. The van der Waals surface area contributed by atoms with Crippen molar-refractivity contribution in [3.05, 3.63) is 53.3 Å². The van der Waals surface area contributed by atoms with Crippen LogP contribution in [0.15, 0.2) is 41.3 Å². The number of hydrogen-bond donors (Lipinski definition) is 2. The van der Waals surface area contributed by atoms with Crippen molar-refractivity contribution < 1.29 is 23.4 Å². The summed E-state index contributed by atoms with van der Waals surface area (Å²) in [5.41, 5.74) is 0.742. The average molecular weight is 346 g/mol. The van der Waals surface area contributed by atoms with Crippen molar-refractivity contribution in [2.24, 2.45) is 0 Å². The minimum absolute atomic E-state index is 0.0190. The van der Waals surface area contributed by atoms with Gasteiger partial charge in [-0.1, -0.05) is 17.7 Å². The van der Waals surface area contributed by atoms with Gasteiger partial charge in [0.2, 0.25) is 0 Å². The molecule has 0 spiro atoms. The Labute approximate surface area is 137 Å². The molecule has 0 aliphatic carbocycles. The predicted octanol–water partition coefficient (Wildman–Crippen LogP) is 2.29. The number of rotatable bonds is 3. The van der Waals surface area contributed by atoms with Crippen LogP contribution in [0, 0.1) is 13.8 Å². The van der Waals surface area contributed by atoms with Crippen LogP contribution in [0.1, 0.15) is 21.7 Å². The summed E-state index contributed by atoms with van der Waals surface area (Å²) in [5, 5.41) is 19.1. The number of phenolic OH excluding ortho intramolecular Hbond substituents is 1. The first-order valence-corrected chi connectivity index (χ1v) is 8.43. The fourth-order valence-electron chi connectivity index (χ4n) is 2.50. The number of phenols is 1. The zero-order chi connectivity index (χ0) is 17.6. The van der Waals surface area contributed by atoms with Crippen molar-refractivity contribution in [2.45, 2.75) is 18.7 Å². The molecule has 0 saturated carbocycles. The summed E-state index contributed by atoms with van der Waals surface area (Å²) >= 11 is 0. The van der Waals surface area contributed by atoms with Crippen molar-refractivity contribution in [3.63, 3.8) is 0 Å².